The Kier molecular flexibility index (Phi) is 5.69. The van der Waals surface area contributed by atoms with Gasteiger partial charge in [-0.3, -0.25) is 10.2 Å². The van der Waals surface area contributed by atoms with Gasteiger partial charge in [-0.1, -0.05) is 48.0 Å². The average molecular weight is 346 g/mol. The van der Waals surface area contributed by atoms with E-state index < -0.39 is 0 Å². The quantitative estimate of drug-likeness (QED) is 0.703. The van der Waals surface area contributed by atoms with E-state index in [9.17, 15) is 4.79 Å². The molecule has 2 atom stereocenters. The summed E-state index contributed by atoms with van der Waals surface area (Å²) >= 11 is 5.90. The van der Waals surface area contributed by atoms with E-state index in [-0.39, 0.29) is 17.9 Å². The Hall–Kier alpha value is -2.08. The molecule has 1 heterocycles. The summed E-state index contributed by atoms with van der Waals surface area (Å²) in [7, 11) is 0. The van der Waals surface area contributed by atoms with Crippen molar-refractivity contribution in [2.75, 3.05) is 19.7 Å². The highest BCUT2D eigenvalue weighted by atomic mass is 35.5. The van der Waals surface area contributed by atoms with Gasteiger partial charge in [0.1, 0.15) is 12.4 Å². The predicted octanol–water partition coefficient (Wildman–Crippen LogP) is 2.30. The number of hydrazine groups is 1. The van der Waals surface area contributed by atoms with Gasteiger partial charge in [-0.2, -0.15) is 0 Å². The zero-order valence-corrected chi connectivity index (χ0v) is 13.9. The number of carbonyl (C=O) groups excluding carboxylic acids is 1. The van der Waals surface area contributed by atoms with Gasteiger partial charge in [0.2, 0.25) is 5.91 Å². The van der Waals surface area contributed by atoms with Crippen LogP contribution in [0.25, 0.3) is 0 Å². The highest BCUT2D eigenvalue weighted by Crippen LogP contribution is 2.24. The normalized spacial score (nSPS) is 19.9. The lowest BCUT2D eigenvalue weighted by Crippen LogP contribution is -2.37. The molecule has 0 bridgehead atoms. The van der Waals surface area contributed by atoms with Gasteiger partial charge in [-0.15, -0.1) is 0 Å². The van der Waals surface area contributed by atoms with Crippen LogP contribution in [0.5, 0.6) is 5.75 Å². The summed E-state index contributed by atoms with van der Waals surface area (Å²) in [5.41, 5.74) is 7.33. The molecule has 1 aliphatic rings. The first-order valence-corrected chi connectivity index (χ1v) is 8.31. The molecule has 0 spiro atoms. The van der Waals surface area contributed by atoms with E-state index in [0.717, 1.165) is 5.56 Å². The molecule has 2 aromatic carbocycles. The molecule has 0 radical (unpaired) electrons. The Morgan fingerprint density at radius 1 is 1.21 bits per heavy atom. The molecule has 1 saturated heterocycles. The fourth-order valence-corrected chi connectivity index (χ4v) is 2.93. The minimum Gasteiger partial charge on any atom is -0.492 e. The Morgan fingerprint density at radius 2 is 2.04 bits per heavy atom. The third kappa shape index (κ3) is 4.26. The van der Waals surface area contributed by atoms with Crippen molar-refractivity contribution in [2.24, 2.45) is 5.92 Å². The molecule has 0 aromatic heterocycles. The van der Waals surface area contributed by atoms with Crippen molar-refractivity contribution in [1.29, 1.82) is 0 Å². The maximum Gasteiger partial charge on any atom is 0.226 e. The zero-order chi connectivity index (χ0) is 16.8. The van der Waals surface area contributed by atoms with E-state index in [1.807, 2.05) is 42.5 Å². The third-order valence-corrected chi connectivity index (χ3v) is 4.18. The van der Waals surface area contributed by atoms with Gasteiger partial charge < -0.3 is 10.1 Å². The average Bonchev–Trinajstić information content (AvgIpc) is 3.09. The van der Waals surface area contributed by atoms with E-state index in [1.54, 1.807) is 12.1 Å². The summed E-state index contributed by atoms with van der Waals surface area (Å²) in [6, 6.07) is 17.1. The van der Waals surface area contributed by atoms with Crippen LogP contribution < -0.4 is 20.9 Å². The standard InChI is InChI=1S/C18H20ClN3O2/c19-14-7-4-8-15(11-14)24-10-9-20-18(23)16-12-21-22-17(16)13-5-2-1-3-6-13/h1-8,11,16-17,21-22H,9-10,12H2,(H,20,23). The van der Waals surface area contributed by atoms with Crippen LogP contribution in [-0.4, -0.2) is 25.6 Å². The van der Waals surface area contributed by atoms with Gasteiger partial charge in [0.05, 0.1) is 18.5 Å². The first kappa shape index (κ1) is 16.8. The number of carbonyl (C=O) groups is 1. The lowest BCUT2D eigenvalue weighted by Gasteiger charge is -2.18. The van der Waals surface area contributed by atoms with Crippen molar-refractivity contribution in [3.05, 3.63) is 65.2 Å². The lowest BCUT2D eigenvalue weighted by atomic mass is 9.94. The van der Waals surface area contributed by atoms with E-state index in [0.29, 0.717) is 30.5 Å². The minimum atomic E-state index is -0.154. The van der Waals surface area contributed by atoms with Crippen molar-refractivity contribution < 1.29 is 9.53 Å². The fraction of sp³-hybridized carbons (Fsp3) is 0.278. The molecular formula is C18H20ClN3O2. The first-order chi connectivity index (χ1) is 11.7. The van der Waals surface area contributed by atoms with Crippen LogP contribution in [0.4, 0.5) is 0 Å². The second-order valence-corrected chi connectivity index (χ2v) is 6.05. The summed E-state index contributed by atoms with van der Waals surface area (Å²) in [5, 5.41) is 3.56. The first-order valence-electron chi connectivity index (χ1n) is 7.93. The molecule has 0 saturated carbocycles. The molecule has 2 aromatic rings. The van der Waals surface area contributed by atoms with E-state index in [2.05, 4.69) is 16.2 Å². The van der Waals surface area contributed by atoms with Gasteiger partial charge in [0.25, 0.3) is 0 Å². The highest BCUT2D eigenvalue weighted by Gasteiger charge is 2.33. The van der Waals surface area contributed by atoms with Crippen molar-refractivity contribution in [3.63, 3.8) is 0 Å². The molecule has 1 fully saturated rings. The van der Waals surface area contributed by atoms with Crippen molar-refractivity contribution in [2.45, 2.75) is 6.04 Å². The maximum atomic E-state index is 12.4. The number of hydrogen-bond acceptors (Lipinski definition) is 4. The Bertz CT molecular complexity index is 681. The molecule has 5 nitrogen and oxygen atoms in total. The van der Waals surface area contributed by atoms with Crippen LogP contribution in [-0.2, 0) is 4.79 Å². The number of halogens is 1. The molecular weight excluding hydrogens is 326 g/mol. The molecule has 126 valence electrons. The maximum absolute atomic E-state index is 12.4. The van der Waals surface area contributed by atoms with Crippen molar-refractivity contribution >= 4 is 17.5 Å². The number of rotatable bonds is 6. The molecule has 1 aliphatic heterocycles. The molecule has 2 unspecified atom stereocenters. The summed E-state index contributed by atoms with van der Waals surface area (Å²) in [6.45, 7) is 1.44. The van der Waals surface area contributed by atoms with E-state index in [4.69, 9.17) is 16.3 Å². The number of nitrogens with one attached hydrogen (secondary N) is 3. The third-order valence-electron chi connectivity index (χ3n) is 3.94. The van der Waals surface area contributed by atoms with Gasteiger partial charge in [-0.25, -0.2) is 5.43 Å². The molecule has 0 aliphatic carbocycles. The van der Waals surface area contributed by atoms with Crippen molar-refractivity contribution in [1.82, 2.24) is 16.2 Å². The van der Waals surface area contributed by atoms with Crippen LogP contribution >= 0.6 is 11.6 Å². The zero-order valence-electron chi connectivity index (χ0n) is 13.2. The number of benzene rings is 2. The summed E-state index contributed by atoms with van der Waals surface area (Å²) in [5.74, 6) is 0.553. The molecule has 3 rings (SSSR count). The van der Waals surface area contributed by atoms with Crippen LogP contribution in [0, 0.1) is 5.92 Å². The summed E-state index contributed by atoms with van der Waals surface area (Å²) < 4.78 is 5.58. The second-order valence-electron chi connectivity index (χ2n) is 5.62. The van der Waals surface area contributed by atoms with E-state index >= 15 is 0 Å². The molecule has 3 N–H and O–H groups in total. The second kappa shape index (κ2) is 8.15. The number of amides is 1. The largest absolute Gasteiger partial charge is 0.492 e. The molecule has 6 heteroatoms. The predicted molar refractivity (Wildman–Crippen MR) is 93.8 cm³/mol. The van der Waals surface area contributed by atoms with Crippen LogP contribution in [0.15, 0.2) is 54.6 Å². The smallest absolute Gasteiger partial charge is 0.226 e. The van der Waals surface area contributed by atoms with Crippen molar-refractivity contribution in [3.8, 4) is 5.75 Å². The van der Waals surface area contributed by atoms with Gasteiger partial charge in [-0.05, 0) is 23.8 Å². The summed E-state index contributed by atoms with van der Waals surface area (Å²) in [6.07, 6.45) is 0. The summed E-state index contributed by atoms with van der Waals surface area (Å²) in [4.78, 5) is 12.4. The lowest BCUT2D eigenvalue weighted by molar-refractivity contribution is -0.125. The van der Waals surface area contributed by atoms with Crippen LogP contribution in [0.2, 0.25) is 5.02 Å². The topological polar surface area (TPSA) is 62.4 Å². The van der Waals surface area contributed by atoms with E-state index in [1.165, 1.54) is 0 Å². The van der Waals surface area contributed by atoms with Crippen LogP contribution in [0.3, 0.4) is 0 Å². The molecule has 24 heavy (non-hydrogen) atoms. The Morgan fingerprint density at radius 3 is 2.83 bits per heavy atom. The highest BCUT2D eigenvalue weighted by molar-refractivity contribution is 6.30. The van der Waals surface area contributed by atoms with Gasteiger partial charge in [0.15, 0.2) is 0 Å². The number of hydrogen-bond donors (Lipinski definition) is 3. The minimum absolute atomic E-state index is 0.0102. The number of ether oxygens (including phenoxy) is 1. The Labute approximate surface area is 146 Å². The Balaban J connectivity index is 1.48. The van der Waals surface area contributed by atoms with Gasteiger partial charge in [0, 0.05) is 11.6 Å². The SMILES string of the molecule is O=C(NCCOc1cccc(Cl)c1)C1CNNC1c1ccccc1. The monoisotopic (exact) mass is 345 g/mol. The fourth-order valence-electron chi connectivity index (χ4n) is 2.75. The molecule has 1 amide bonds. The van der Waals surface area contributed by atoms with Gasteiger partial charge >= 0.3 is 0 Å². The van der Waals surface area contributed by atoms with Crippen LogP contribution in [0.1, 0.15) is 11.6 Å².